The topological polar surface area (TPSA) is 59.8 Å². The lowest BCUT2D eigenvalue weighted by Gasteiger charge is -2.09. The average Bonchev–Trinajstić information content (AvgIpc) is 2.99. The summed E-state index contributed by atoms with van der Waals surface area (Å²) in [6.07, 6.45) is 0. The molecule has 0 aliphatic heterocycles. The summed E-state index contributed by atoms with van der Waals surface area (Å²) < 4.78 is 29.1. The molecule has 0 radical (unpaired) electrons. The Labute approximate surface area is 159 Å². The Hall–Kier alpha value is -3.61. The molecule has 0 saturated carbocycles. The number of aryl methyl sites for hydroxylation is 2. The summed E-state index contributed by atoms with van der Waals surface area (Å²) in [4.78, 5) is 17.4. The number of nitrogens with zero attached hydrogens (tertiary/aromatic N) is 3. The van der Waals surface area contributed by atoms with Crippen LogP contribution in [0.4, 0.5) is 14.5 Å². The van der Waals surface area contributed by atoms with E-state index in [9.17, 15) is 13.6 Å². The monoisotopic (exact) mass is 378 g/mol. The first-order valence-electron chi connectivity index (χ1n) is 8.63. The first-order chi connectivity index (χ1) is 13.4. The summed E-state index contributed by atoms with van der Waals surface area (Å²) in [5.41, 5.74) is 2.49. The van der Waals surface area contributed by atoms with Gasteiger partial charge in [-0.15, -0.1) is 0 Å². The number of rotatable bonds is 3. The first-order valence-corrected chi connectivity index (χ1v) is 8.63. The van der Waals surface area contributed by atoms with Crippen molar-refractivity contribution in [2.24, 2.45) is 0 Å². The molecule has 2 aromatic heterocycles. The highest BCUT2D eigenvalue weighted by Crippen LogP contribution is 2.26. The molecule has 28 heavy (non-hydrogen) atoms. The van der Waals surface area contributed by atoms with Gasteiger partial charge in [0.25, 0.3) is 5.91 Å². The molecule has 0 saturated heterocycles. The fourth-order valence-electron chi connectivity index (χ4n) is 3.13. The number of nitrogens with one attached hydrogen (secondary N) is 1. The van der Waals surface area contributed by atoms with E-state index < -0.39 is 17.5 Å². The molecule has 140 valence electrons. The highest BCUT2D eigenvalue weighted by molar-refractivity contribution is 6.12. The van der Waals surface area contributed by atoms with E-state index >= 15 is 0 Å². The third-order valence-corrected chi connectivity index (χ3v) is 4.36. The van der Waals surface area contributed by atoms with E-state index in [1.54, 1.807) is 44.2 Å². The van der Waals surface area contributed by atoms with E-state index in [0.29, 0.717) is 33.7 Å². The zero-order valence-electron chi connectivity index (χ0n) is 15.2. The van der Waals surface area contributed by atoms with Crippen LogP contribution < -0.4 is 5.32 Å². The highest BCUT2D eigenvalue weighted by atomic mass is 19.1. The normalized spacial score (nSPS) is 11.0. The molecule has 4 aromatic rings. The van der Waals surface area contributed by atoms with E-state index in [0.717, 1.165) is 0 Å². The molecular weight excluding hydrogens is 362 g/mol. The van der Waals surface area contributed by atoms with Gasteiger partial charge in [0.1, 0.15) is 11.6 Å². The van der Waals surface area contributed by atoms with E-state index in [-0.39, 0.29) is 5.69 Å². The minimum atomic E-state index is -0.523. The average molecular weight is 378 g/mol. The van der Waals surface area contributed by atoms with Gasteiger partial charge in [0.2, 0.25) is 0 Å². The second-order valence-electron chi connectivity index (χ2n) is 6.42. The maximum absolute atomic E-state index is 13.9. The number of pyridine rings is 1. The predicted molar refractivity (Wildman–Crippen MR) is 103 cm³/mol. The van der Waals surface area contributed by atoms with Gasteiger partial charge in [0, 0.05) is 5.69 Å². The van der Waals surface area contributed by atoms with Gasteiger partial charge >= 0.3 is 0 Å². The van der Waals surface area contributed by atoms with E-state index in [1.807, 2.05) is 0 Å². The van der Waals surface area contributed by atoms with Gasteiger partial charge in [-0.2, -0.15) is 5.10 Å². The number of fused-ring (bicyclic) bond motifs is 1. The van der Waals surface area contributed by atoms with Crippen molar-refractivity contribution in [3.05, 3.63) is 83.2 Å². The summed E-state index contributed by atoms with van der Waals surface area (Å²) in [7, 11) is 0. The van der Waals surface area contributed by atoms with Crippen LogP contribution >= 0.6 is 0 Å². The number of halogens is 2. The van der Waals surface area contributed by atoms with Gasteiger partial charge in [0.05, 0.1) is 28.0 Å². The number of carbonyl (C=O) groups is 1. The maximum atomic E-state index is 13.9. The molecule has 0 spiro atoms. The van der Waals surface area contributed by atoms with Crippen molar-refractivity contribution < 1.29 is 13.6 Å². The molecule has 0 aliphatic rings. The summed E-state index contributed by atoms with van der Waals surface area (Å²) in [5, 5.41) is 7.57. The van der Waals surface area contributed by atoms with E-state index in [4.69, 9.17) is 0 Å². The van der Waals surface area contributed by atoms with Crippen LogP contribution in [0, 0.1) is 25.5 Å². The van der Waals surface area contributed by atoms with E-state index in [2.05, 4.69) is 15.4 Å². The maximum Gasteiger partial charge on any atom is 0.256 e. The van der Waals surface area contributed by atoms with E-state index in [1.165, 1.54) is 28.9 Å². The lowest BCUT2D eigenvalue weighted by molar-refractivity contribution is 0.102. The Kier molecular flexibility index (Phi) is 4.35. The Balaban J connectivity index is 1.86. The molecule has 2 heterocycles. The molecule has 0 atom stereocenters. The van der Waals surface area contributed by atoms with Crippen LogP contribution in [0.5, 0.6) is 0 Å². The van der Waals surface area contributed by atoms with Crippen LogP contribution in [0.2, 0.25) is 0 Å². The largest absolute Gasteiger partial charge is 0.319 e. The van der Waals surface area contributed by atoms with Crippen LogP contribution in [-0.4, -0.2) is 20.7 Å². The lowest BCUT2D eigenvalue weighted by Crippen LogP contribution is -2.14. The number of hydrogen-bond donors (Lipinski definition) is 1. The van der Waals surface area contributed by atoms with Crippen molar-refractivity contribution in [1.82, 2.24) is 14.8 Å². The number of hydrogen-bond acceptors (Lipinski definition) is 3. The number of anilines is 1. The van der Waals surface area contributed by atoms with Gasteiger partial charge in [-0.1, -0.05) is 18.2 Å². The van der Waals surface area contributed by atoms with Crippen LogP contribution in [0.1, 0.15) is 21.7 Å². The van der Waals surface area contributed by atoms with Gasteiger partial charge < -0.3 is 5.32 Å². The number of aromatic nitrogens is 3. The van der Waals surface area contributed by atoms with Crippen molar-refractivity contribution in [2.45, 2.75) is 13.8 Å². The molecule has 0 aliphatic carbocycles. The first kappa shape index (κ1) is 17.8. The Morgan fingerprint density at radius 1 is 1.04 bits per heavy atom. The van der Waals surface area contributed by atoms with Crippen LogP contribution in [0.15, 0.2) is 54.6 Å². The molecule has 4 rings (SSSR count). The van der Waals surface area contributed by atoms with Gasteiger partial charge in [-0.25, -0.2) is 18.4 Å². The van der Waals surface area contributed by atoms with Crippen LogP contribution in [0.3, 0.4) is 0 Å². The summed E-state index contributed by atoms with van der Waals surface area (Å²) in [5.74, 6) is -1.39. The third kappa shape index (κ3) is 3.11. The van der Waals surface area contributed by atoms with Crippen molar-refractivity contribution in [1.29, 1.82) is 0 Å². The SMILES string of the molecule is Cc1cc(C(=O)Nc2ccccc2F)c2c(C)nn(-c3cccc(F)c3)c2n1. The van der Waals surface area contributed by atoms with Crippen molar-refractivity contribution >= 4 is 22.6 Å². The Morgan fingerprint density at radius 3 is 2.57 bits per heavy atom. The fraction of sp³-hybridized carbons (Fsp3) is 0.0952. The molecule has 0 bridgehead atoms. The van der Waals surface area contributed by atoms with Gasteiger partial charge in [-0.05, 0) is 50.2 Å². The molecule has 1 amide bonds. The predicted octanol–water partition coefficient (Wildman–Crippen LogP) is 4.57. The smallest absolute Gasteiger partial charge is 0.256 e. The summed E-state index contributed by atoms with van der Waals surface area (Å²) >= 11 is 0. The van der Waals surface area contributed by atoms with Crippen molar-refractivity contribution in [3.8, 4) is 5.69 Å². The second-order valence-corrected chi connectivity index (χ2v) is 6.42. The standard InChI is InChI=1S/C21H16F2N4O/c1-12-10-16(21(28)25-18-9-4-3-8-17(18)23)19-13(2)26-27(20(19)24-12)15-7-5-6-14(22)11-15/h3-11H,1-2H3,(H,25,28). The third-order valence-electron chi connectivity index (χ3n) is 4.36. The second kappa shape index (κ2) is 6.84. The molecule has 0 unspecified atom stereocenters. The molecule has 5 nitrogen and oxygen atoms in total. The molecule has 1 N–H and O–H groups in total. The Bertz CT molecular complexity index is 1220. The number of carbonyl (C=O) groups excluding carboxylic acids is 1. The van der Waals surface area contributed by atoms with Crippen LogP contribution in [-0.2, 0) is 0 Å². The number of amides is 1. The quantitative estimate of drug-likeness (QED) is 0.568. The molecule has 7 heteroatoms. The number of para-hydroxylation sites is 1. The van der Waals surface area contributed by atoms with Crippen LogP contribution in [0.25, 0.3) is 16.7 Å². The zero-order valence-corrected chi connectivity index (χ0v) is 15.2. The zero-order chi connectivity index (χ0) is 19.8. The summed E-state index contributed by atoms with van der Waals surface area (Å²) in [6.45, 7) is 3.49. The van der Waals surface area contributed by atoms with Crippen molar-refractivity contribution in [2.75, 3.05) is 5.32 Å². The minimum Gasteiger partial charge on any atom is -0.319 e. The van der Waals surface area contributed by atoms with Gasteiger partial charge in [0.15, 0.2) is 5.65 Å². The highest BCUT2D eigenvalue weighted by Gasteiger charge is 2.20. The minimum absolute atomic E-state index is 0.0882. The summed E-state index contributed by atoms with van der Waals surface area (Å²) in [6, 6.07) is 13.5. The fourth-order valence-corrected chi connectivity index (χ4v) is 3.13. The van der Waals surface area contributed by atoms with Gasteiger partial charge in [-0.3, -0.25) is 4.79 Å². The van der Waals surface area contributed by atoms with Crippen molar-refractivity contribution in [3.63, 3.8) is 0 Å². The Morgan fingerprint density at radius 2 is 1.82 bits per heavy atom. The molecule has 0 fully saturated rings. The lowest BCUT2D eigenvalue weighted by atomic mass is 10.1. The molecular formula is C21H16F2N4O. The number of benzene rings is 2. The molecule has 2 aromatic carbocycles.